The molecule has 0 aliphatic heterocycles. The number of rotatable bonds is 4. The van der Waals surface area contributed by atoms with E-state index in [1.165, 1.54) is 19.1 Å². The summed E-state index contributed by atoms with van der Waals surface area (Å²) in [6, 6.07) is 3.45. The van der Waals surface area contributed by atoms with Gasteiger partial charge in [-0.15, -0.1) is 0 Å². The van der Waals surface area contributed by atoms with E-state index in [9.17, 15) is 14.0 Å². The SMILES string of the molecule is CC(Oc1c(F)cccc1C(=O)O)C(N)=O. The molecule has 0 aliphatic carbocycles. The summed E-state index contributed by atoms with van der Waals surface area (Å²) in [5.41, 5.74) is 4.57. The molecule has 1 aromatic carbocycles. The number of primary amides is 1. The average Bonchev–Trinajstić information content (AvgIpc) is 2.20. The summed E-state index contributed by atoms with van der Waals surface area (Å²) >= 11 is 0. The number of para-hydroxylation sites is 1. The molecule has 3 N–H and O–H groups in total. The van der Waals surface area contributed by atoms with E-state index in [0.29, 0.717) is 0 Å². The minimum Gasteiger partial charge on any atom is -0.478 e. The molecule has 1 aromatic rings. The van der Waals surface area contributed by atoms with Crippen molar-refractivity contribution in [2.24, 2.45) is 5.73 Å². The van der Waals surface area contributed by atoms with Crippen LogP contribution in [0, 0.1) is 5.82 Å². The standard InChI is InChI=1S/C10H10FNO4/c1-5(9(12)13)16-8-6(10(14)15)3-2-4-7(8)11/h2-5H,1H3,(H2,12,13)(H,14,15). The zero-order valence-corrected chi connectivity index (χ0v) is 8.44. The molecule has 0 heterocycles. The number of carboxylic acid groups (broad SMARTS) is 1. The second kappa shape index (κ2) is 4.61. The zero-order valence-electron chi connectivity index (χ0n) is 8.44. The summed E-state index contributed by atoms with van der Waals surface area (Å²) in [6.07, 6.45) is -1.10. The Balaban J connectivity index is 3.11. The number of carbonyl (C=O) groups is 2. The van der Waals surface area contributed by atoms with Gasteiger partial charge >= 0.3 is 5.97 Å². The Morgan fingerprint density at radius 1 is 1.50 bits per heavy atom. The lowest BCUT2D eigenvalue weighted by Crippen LogP contribution is -2.31. The van der Waals surface area contributed by atoms with E-state index in [4.69, 9.17) is 15.6 Å². The van der Waals surface area contributed by atoms with Crippen LogP contribution in [-0.2, 0) is 4.79 Å². The van der Waals surface area contributed by atoms with Crippen LogP contribution < -0.4 is 10.5 Å². The van der Waals surface area contributed by atoms with Gasteiger partial charge in [0.05, 0.1) is 0 Å². The molecular formula is C10H10FNO4. The minimum absolute atomic E-state index is 0.354. The quantitative estimate of drug-likeness (QED) is 0.795. The number of carboxylic acids is 1. The molecule has 1 amide bonds. The van der Waals surface area contributed by atoms with Gasteiger partial charge in [0.25, 0.3) is 5.91 Å². The Morgan fingerprint density at radius 3 is 2.62 bits per heavy atom. The van der Waals surface area contributed by atoms with Gasteiger partial charge in [0.2, 0.25) is 0 Å². The molecule has 1 atom stereocenters. The van der Waals surface area contributed by atoms with Crippen LogP contribution in [0.4, 0.5) is 4.39 Å². The molecule has 0 bridgehead atoms. The monoisotopic (exact) mass is 227 g/mol. The molecule has 1 unspecified atom stereocenters. The number of carbonyl (C=O) groups excluding carboxylic acids is 1. The van der Waals surface area contributed by atoms with E-state index in [2.05, 4.69) is 0 Å². The van der Waals surface area contributed by atoms with Gasteiger partial charge in [0, 0.05) is 0 Å². The first kappa shape index (κ1) is 12.0. The van der Waals surface area contributed by atoms with E-state index in [0.717, 1.165) is 6.07 Å². The molecule has 0 saturated heterocycles. The first-order valence-corrected chi connectivity index (χ1v) is 4.41. The number of ether oxygens (including phenoxy) is 1. The highest BCUT2D eigenvalue weighted by Gasteiger charge is 2.20. The minimum atomic E-state index is -1.34. The van der Waals surface area contributed by atoms with Crippen LogP contribution in [0.15, 0.2) is 18.2 Å². The molecule has 0 aliphatic rings. The second-order valence-electron chi connectivity index (χ2n) is 3.08. The van der Waals surface area contributed by atoms with Crippen LogP contribution in [0.1, 0.15) is 17.3 Å². The van der Waals surface area contributed by atoms with Gasteiger partial charge in [0.1, 0.15) is 5.56 Å². The van der Waals surface area contributed by atoms with Gasteiger partial charge in [-0.1, -0.05) is 6.07 Å². The summed E-state index contributed by atoms with van der Waals surface area (Å²) in [4.78, 5) is 21.5. The van der Waals surface area contributed by atoms with Crippen molar-refractivity contribution in [3.8, 4) is 5.75 Å². The van der Waals surface area contributed by atoms with Gasteiger partial charge < -0.3 is 15.6 Å². The number of hydrogen-bond donors (Lipinski definition) is 2. The molecule has 0 spiro atoms. The summed E-state index contributed by atoms with van der Waals surface area (Å²) < 4.78 is 18.2. The Kier molecular flexibility index (Phi) is 3.44. The summed E-state index contributed by atoms with van der Waals surface area (Å²) in [5, 5.41) is 8.78. The Bertz CT molecular complexity index is 433. The highest BCUT2D eigenvalue weighted by Crippen LogP contribution is 2.23. The Morgan fingerprint density at radius 2 is 2.12 bits per heavy atom. The molecule has 1 rings (SSSR count). The van der Waals surface area contributed by atoms with Gasteiger partial charge in [-0.25, -0.2) is 9.18 Å². The van der Waals surface area contributed by atoms with Crippen molar-refractivity contribution in [3.63, 3.8) is 0 Å². The van der Waals surface area contributed by atoms with Crippen molar-refractivity contribution in [3.05, 3.63) is 29.6 Å². The van der Waals surface area contributed by atoms with Crippen molar-refractivity contribution < 1.29 is 23.8 Å². The molecule has 0 aromatic heterocycles. The molecule has 0 saturated carbocycles. The first-order valence-electron chi connectivity index (χ1n) is 4.41. The summed E-state index contributed by atoms with van der Waals surface area (Å²) in [7, 11) is 0. The molecule has 86 valence electrons. The molecule has 16 heavy (non-hydrogen) atoms. The van der Waals surface area contributed by atoms with Crippen molar-refractivity contribution in [2.75, 3.05) is 0 Å². The number of halogens is 1. The van der Waals surface area contributed by atoms with E-state index in [-0.39, 0.29) is 5.56 Å². The van der Waals surface area contributed by atoms with Crippen LogP contribution in [0.5, 0.6) is 5.75 Å². The zero-order chi connectivity index (χ0) is 12.3. The number of hydrogen-bond acceptors (Lipinski definition) is 3. The third-order valence-electron chi connectivity index (χ3n) is 1.89. The predicted molar refractivity (Wildman–Crippen MR) is 52.6 cm³/mol. The predicted octanol–water partition coefficient (Wildman–Crippen LogP) is 0.777. The number of benzene rings is 1. The van der Waals surface area contributed by atoms with Crippen molar-refractivity contribution in [2.45, 2.75) is 13.0 Å². The normalized spacial score (nSPS) is 11.9. The molecule has 0 radical (unpaired) electrons. The lowest BCUT2D eigenvalue weighted by atomic mass is 10.2. The molecule has 5 nitrogen and oxygen atoms in total. The largest absolute Gasteiger partial charge is 0.478 e. The van der Waals surface area contributed by atoms with Gasteiger partial charge in [0.15, 0.2) is 17.7 Å². The van der Waals surface area contributed by atoms with Gasteiger partial charge in [-0.2, -0.15) is 0 Å². The van der Waals surface area contributed by atoms with Crippen molar-refractivity contribution >= 4 is 11.9 Å². The van der Waals surface area contributed by atoms with Gasteiger partial charge in [-0.05, 0) is 19.1 Å². The lowest BCUT2D eigenvalue weighted by Gasteiger charge is -2.13. The summed E-state index contributed by atoms with van der Waals surface area (Å²) in [6.45, 7) is 1.31. The number of amides is 1. The maximum atomic E-state index is 13.3. The van der Waals surface area contributed by atoms with E-state index in [1.807, 2.05) is 0 Å². The smallest absolute Gasteiger partial charge is 0.339 e. The first-order chi connectivity index (χ1) is 7.43. The number of aromatic carboxylic acids is 1. The van der Waals surface area contributed by atoms with E-state index < -0.39 is 29.5 Å². The highest BCUT2D eigenvalue weighted by molar-refractivity contribution is 5.91. The third kappa shape index (κ3) is 2.47. The maximum Gasteiger partial charge on any atom is 0.339 e. The topological polar surface area (TPSA) is 89.6 Å². The fourth-order valence-corrected chi connectivity index (χ4v) is 1.03. The maximum absolute atomic E-state index is 13.3. The van der Waals surface area contributed by atoms with E-state index >= 15 is 0 Å². The van der Waals surface area contributed by atoms with E-state index in [1.54, 1.807) is 0 Å². The Labute approximate surface area is 90.6 Å². The Hall–Kier alpha value is -2.11. The fraction of sp³-hybridized carbons (Fsp3) is 0.200. The lowest BCUT2D eigenvalue weighted by molar-refractivity contribution is -0.124. The molecular weight excluding hydrogens is 217 g/mol. The van der Waals surface area contributed by atoms with Gasteiger partial charge in [-0.3, -0.25) is 4.79 Å². The van der Waals surface area contributed by atoms with Crippen molar-refractivity contribution in [1.82, 2.24) is 0 Å². The molecule has 0 fully saturated rings. The highest BCUT2D eigenvalue weighted by atomic mass is 19.1. The summed E-state index contributed by atoms with van der Waals surface area (Å²) in [5.74, 6) is -3.49. The third-order valence-corrected chi connectivity index (χ3v) is 1.89. The average molecular weight is 227 g/mol. The van der Waals surface area contributed by atoms with Crippen LogP contribution in [0.3, 0.4) is 0 Å². The van der Waals surface area contributed by atoms with Crippen LogP contribution >= 0.6 is 0 Å². The fourth-order valence-electron chi connectivity index (χ4n) is 1.03. The van der Waals surface area contributed by atoms with Crippen LogP contribution in [-0.4, -0.2) is 23.1 Å². The van der Waals surface area contributed by atoms with Crippen molar-refractivity contribution in [1.29, 1.82) is 0 Å². The van der Waals surface area contributed by atoms with Crippen LogP contribution in [0.25, 0.3) is 0 Å². The molecule has 6 heteroatoms. The second-order valence-corrected chi connectivity index (χ2v) is 3.08. The number of nitrogens with two attached hydrogens (primary N) is 1. The van der Waals surface area contributed by atoms with Crippen LogP contribution in [0.2, 0.25) is 0 Å².